The molecule has 0 spiro atoms. The lowest BCUT2D eigenvalue weighted by Crippen LogP contribution is -2.43. The van der Waals surface area contributed by atoms with E-state index in [1.54, 1.807) is 0 Å². The molecule has 9 nitrogen and oxygen atoms in total. The predicted molar refractivity (Wildman–Crippen MR) is 98.1 cm³/mol. The van der Waals surface area contributed by atoms with Crippen molar-refractivity contribution in [1.29, 1.82) is 0 Å². The van der Waals surface area contributed by atoms with Gasteiger partial charge >= 0.3 is 6.09 Å². The minimum Gasteiger partial charge on any atom is -0.445 e. The van der Waals surface area contributed by atoms with Crippen LogP contribution in [0, 0.1) is 10.1 Å². The van der Waals surface area contributed by atoms with E-state index in [9.17, 15) is 19.7 Å². The van der Waals surface area contributed by atoms with Crippen LogP contribution in [0.1, 0.15) is 18.1 Å². The second kappa shape index (κ2) is 9.66. The van der Waals surface area contributed by atoms with Crippen LogP contribution in [0.5, 0.6) is 0 Å². The molecular weight excluding hydrogens is 352 g/mol. The first-order chi connectivity index (χ1) is 13.0. The number of non-ortho nitro benzene ring substituents is 1. The van der Waals surface area contributed by atoms with Gasteiger partial charge in [-0.15, -0.1) is 0 Å². The number of rotatable bonds is 7. The van der Waals surface area contributed by atoms with Crippen LogP contribution in [-0.2, 0) is 16.1 Å². The summed E-state index contributed by atoms with van der Waals surface area (Å²) >= 11 is 0. The Morgan fingerprint density at radius 3 is 2.48 bits per heavy atom. The number of ether oxygens (including phenoxy) is 1. The third kappa shape index (κ3) is 6.58. The number of nitrogens with zero attached hydrogens (tertiary/aromatic N) is 2. The fourth-order valence-electron chi connectivity index (χ4n) is 1.96. The highest BCUT2D eigenvalue weighted by atomic mass is 16.6. The molecule has 2 aromatic rings. The van der Waals surface area contributed by atoms with Crippen LogP contribution in [0.2, 0.25) is 0 Å². The average molecular weight is 370 g/mol. The van der Waals surface area contributed by atoms with Crippen molar-refractivity contribution in [1.82, 2.24) is 10.7 Å². The Morgan fingerprint density at radius 1 is 1.19 bits per heavy atom. The maximum Gasteiger partial charge on any atom is 0.408 e. The highest BCUT2D eigenvalue weighted by Crippen LogP contribution is 2.10. The number of nitro benzene ring substituents is 1. The van der Waals surface area contributed by atoms with E-state index in [-0.39, 0.29) is 12.3 Å². The number of hydrazone groups is 1. The summed E-state index contributed by atoms with van der Waals surface area (Å²) in [7, 11) is 0. The number of hydrogen-bond donors (Lipinski definition) is 2. The summed E-state index contributed by atoms with van der Waals surface area (Å²) in [6.45, 7) is 1.58. The standard InChI is InChI=1S/C18H18N4O5/c1-13(20-18(24)27-12-15-5-3-2-4-6-15)17(23)21-19-11-14-7-9-16(10-8-14)22(25)26/h2-11,13H,12H2,1H3,(H,20,24)(H,21,23)/b19-11-/t13-/m1/s1. The number of benzene rings is 2. The average Bonchev–Trinajstić information content (AvgIpc) is 2.67. The highest BCUT2D eigenvalue weighted by molar-refractivity contribution is 5.87. The zero-order valence-corrected chi connectivity index (χ0v) is 14.5. The van der Waals surface area contributed by atoms with Crippen molar-refractivity contribution in [2.45, 2.75) is 19.6 Å². The number of hydrogen-bond acceptors (Lipinski definition) is 6. The van der Waals surface area contributed by atoms with Gasteiger partial charge in [0.2, 0.25) is 0 Å². The summed E-state index contributed by atoms with van der Waals surface area (Å²) in [6, 6.07) is 13.9. The Labute approximate surface area is 155 Å². The summed E-state index contributed by atoms with van der Waals surface area (Å²) in [5, 5.41) is 16.7. The summed E-state index contributed by atoms with van der Waals surface area (Å²) in [5.41, 5.74) is 3.64. The molecule has 0 aliphatic rings. The first-order valence-electron chi connectivity index (χ1n) is 8.00. The largest absolute Gasteiger partial charge is 0.445 e. The molecule has 0 saturated heterocycles. The monoisotopic (exact) mass is 370 g/mol. The molecule has 0 radical (unpaired) electrons. The summed E-state index contributed by atoms with van der Waals surface area (Å²) in [4.78, 5) is 33.7. The molecule has 0 unspecified atom stereocenters. The van der Waals surface area contributed by atoms with Gasteiger partial charge in [0.1, 0.15) is 12.6 Å². The Bertz CT molecular complexity index is 821. The van der Waals surface area contributed by atoms with E-state index < -0.39 is 23.0 Å². The Hall–Kier alpha value is -3.75. The molecule has 2 rings (SSSR count). The Kier molecular flexibility index (Phi) is 7.00. The molecule has 27 heavy (non-hydrogen) atoms. The number of amides is 2. The molecular formula is C18H18N4O5. The van der Waals surface area contributed by atoms with Crippen molar-refractivity contribution in [3.63, 3.8) is 0 Å². The molecule has 9 heteroatoms. The third-order valence-electron chi connectivity index (χ3n) is 3.43. The zero-order chi connectivity index (χ0) is 19.6. The van der Waals surface area contributed by atoms with Gasteiger partial charge in [0.05, 0.1) is 11.1 Å². The van der Waals surface area contributed by atoms with Gasteiger partial charge in [0.15, 0.2) is 0 Å². The predicted octanol–water partition coefficient (Wildman–Crippen LogP) is 2.36. The summed E-state index contributed by atoms with van der Waals surface area (Å²) in [5.74, 6) is -0.537. The molecule has 0 bridgehead atoms. The number of alkyl carbamates (subject to hydrolysis) is 1. The third-order valence-corrected chi connectivity index (χ3v) is 3.43. The molecule has 2 amide bonds. The minimum absolute atomic E-state index is 0.0389. The molecule has 0 aromatic heterocycles. The molecule has 0 heterocycles. The second-order valence-electron chi connectivity index (χ2n) is 5.51. The first-order valence-corrected chi connectivity index (χ1v) is 8.00. The van der Waals surface area contributed by atoms with Crippen LogP contribution in [0.15, 0.2) is 59.7 Å². The number of nitrogens with one attached hydrogen (secondary N) is 2. The maximum atomic E-state index is 11.9. The number of carbonyl (C=O) groups is 2. The van der Waals surface area contributed by atoms with Gasteiger partial charge < -0.3 is 10.1 Å². The van der Waals surface area contributed by atoms with Gasteiger partial charge in [-0.05, 0) is 30.2 Å². The van der Waals surface area contributed by atoms with Crippen molar-refractivity contribution >= 4 is 23.9 Å². The van der Waals surface area contributed by atoms with E-state index in [0.29, 0.717) is 5.56 Å². The van der Waals surface area contributed by atoms with E-state index in [1.807, 2.05) is 30.3 Å². The van der Waals surface area contributed by atoms with Crippen LogP contribution in [0.4, 0.5) is 10.5 Å². The van der Waals surface area contributed by atoms with Crippen molar-refractivity contribution in [2.75, 3.05) is 0 Å². The lowest BCUT2D eigenvalue weighted by atomic mass is 10.2. The Morgan fingerprint density at radius 2 is 1.85 bits per heavy atom. The molecule has 0 saturated carbocycles. The van der Waals surface area contributed by atoms with Gasteiger partial charge in [-0.3, -0.25) is 14.9 Å². The maximum absolute atomic E-state index is 11.9. The SMILES string of the molecule is C[C@@H](NC(=O)OCc1ccccc1)C(=O)N/N=C\c1ccc([N+](=O)[O-])cc1. The van der Waals surface area contributed by atoms with Gasteiger partial charge in [0, 0.05) is 12.1 Å². The molecule has 140 valence electrons. The van der Waals surface area contributed by atoms with Gasteiger partial charge in [-0.25, -0.2) is 10.2 Å². The number of carbonyl (C=O) groups excluding carboxylic acids is 2. The number of nitro groups is 1. The molecule has 1 atom stereocenters. The van der Waals surface area contributed by atoms with Crippen molar-refractivity contribution < 1.29 is 19.2 Å². The summed E-state index contributed by atoms with van der Waals surface area (Å²) < 4.78 is 5.03. The zero-order valence-electron chi connectivity index (χ0n) is 14.5. The quantitative estimate of drug-likeness (QED) is 0.440. The molecule has 2 aromatic carbocycles. The van der Waals surface area contributed by atoms with E-state index in [1.165, 1.54) is 37.4 Å². The van der Waals surface area contributed by atoms with Crippen LogP contribution in [0.3, 0.4) is 0 Å². The van der Waals surface area contributed by atoms with Gasteiger partial charge in [-0.1, -0.05) is 30.3 Å². The van der Waals surface area contributed by atoms with Crippen molar-refractivity contribution in [2.24, 2.45) is 5.10 Å². The first kappa shape index (κ1) is 19.6. The van der Waals surface area contributed by atoms with Crippen LogP contribution >= 0.6 is 0 Å². The smallest absolute Gasteiger partial charge is 0.408 e. The Balaban J connectivity index is 1.75. The van der Waals surface area contributed by atoms with Crippen LogP contribution in [-0.4, -0.2) is 29.2 Å². The van der Waals surface area contributed by atoms with E-state index in [2.05, 4.69) is 15.8 Å². The molecule has 2 N–H and O–H groups in total. The second-order valence-corrected chi connectivity index (χ2v) is 5.51. The van der Waals surface area contributed by atoms with Gasteiger partial charge in [0.25, 0.3) is 11.6 Å². The van der Waals surface area contributed by atoms with Crippen LogP contribution in [0.25, 0.3) is 0 Å². The molecule has 0 aliphatic heterocycles. The lowest BCUT2D eigenvalue weighted by molar-refractivity contribution is -0.384. The summed E-state index contributed by atoms with van der Waals surface area (Å²) in [6.07, 6.45) is 0.614. The van der Waals surface area contributed by atoms with Gasteiger partial charge in [-0.2, -0.15) is 5.10 Å². The fraction of sp³-hybridized carbons (Fsp3) is 0.167. The normalized spacial score (nSPS) is 11.6. The fourth-order valence-corrected chi connectivity index (χ4v) is 1.96. The van der Waals surface area contributed by atoms with E-state index in [0.717, 1.165) is 5.56 Å². The van der Waals surface area contributed by atoms with E-state index >= 15 is 0 Å². The van der Waals surface area contributed by atoms with E-state index in [4.69, 9.17) is 4.74 Å². The topological polar surface area (TPSA) is 123 Å². The van der Waals surface area contributed by atoms with Crippen LogP contribution < -0.4 is 10.7 Å². The molecule has 0 fully saturated rings. The minimum atomic E-state index is -0.859. The molecule has 0 aliphatic carbocycles. The highest BCUT2D eigenvalue weighted by Gasteiger charge is 2.15. The van der Waals surface area contributed by atoms with Crippen molar-refractivity contribution in [3.05, 3.63) is 75.8 Å². The van der Waals surface area contributed by atoms with Crippen molar-refractivity contribution in [3.8, 4) is 0 Å². The lowest BCUT2D eigenvalue weighted by Gasteiger charge is -2.12.